The predicted molar refractivity (Wildman–Crippen MR) is 74.0 cm³/mol. The molecule has 2 heterocycles. The summed E-state index contributed by atoms with van der Waals surface area (Å²) in [6.45, 7) is 1.59. The van der Waals surface area contributed by atoms with E-state index in [0.29, 0.717) is 16.9 Å². The number of aryl methyl sites for hydroxylation is 1. The first-order chi connectivity index (χ1) is 10.5. The molecule has 0 spiro atoms. The molecule has 0 bridgehead atoms. The van der Waals surface area contributed by atoms with Crippen LogP contribution >= 0.6 is 0 Å². The van der Waals surface area contributed by atoms with Crippen LogP contribution in [-0.4, -0.2) is 25.7 Å². The monoisotopic (exact) mass is 303 g/mol. The molecule has 0 aliphatic heterocycles. The average Bonchev–Trinajstić information content (AvgIpc) is 2.82. The molecule has 0 fully saturated rings. The number of carbonyl (C=O) groups is 1. The summed E-state index contributed by atoms with van der Waals surface area (Å²) in [5.74, 6) is -2.19. The Hall–Kier alpha value is -2.90. The standard InChI is InChI=1S/C14H11F2N5O/c1-7-18-5-9-12(13(17)22)20-21(14(9)19-7)6-8-3-2-4-10(15)11(8)16/h2-5H,6H2,1H3,(H2,17,22). The molecule has 3 aromatic rings. The van der Waals surface area contributed by atoms with Gasteiger partial charge in [-0.05, 0) is 13.0 Å². The van der Waals surface area contributed by atoms with Crippen molar-refractivity contribution in [2.45, 2.75) is 13.5 Å². The van der Waals surface area contributed by atoms with Crippen LogP contribution in [-0.2, 0) is 6.54 Å². The Kier molecular flexibility index (Phi) is 3.28. The number of rotatable bonds is 3. The third-order valence-corrected chi connectivity index (χ3v) is 3.19. The van der Waals surface area contributed by atoms with Gasteiger partial charge < -0.3 is 5.73 Å². The van der Waals surface area contributed by atoms with Gasteiger partial charge in [-0.3, -0.25) is 4.79 Å². The van der Waals surface area contributed by atoms with E-state index in [9.17, 15) is 13.6 Å². The van der Waals surface area contributed by atoms with Gasteiger partial charge in [0.05, 0.1) is 11.9 Å². The molecule has 0 aliphatic carbocycles. The lowest BCUT2D eigenvalue weighted by Gasteiger charge is -2.05. The minimum absolute atomic E-state index is 0.00758. The number of benzene rings is 1. The molecule has 1 amide bonds. The Morgan fingerprint density at radius 3 is 2.86 bits per heavy atom. The fourth-order valence-corrected chi connectivity index (χ4v) is 2.17. The van der Waals surface area contributed by atoms with Crippen LogP contribution in [0, 0.1) is 18.6 Å². The second-order valence-electron chi connectivity index (χ2n) is 4.74. The van der Waals surface area contributed by atoms with Gasteiger partial charge in [0, 0.05) is 11.8 Å². The summed E-state index contributed by atoms with van der Waals surface area (Å²) in [4.78, 5) is 19.6. The molecule has 1 aromatic carbocycles. The minimum atomic E-state index is -0.961. The van der Waals surface area contributed by atoms with Gasteiger partial charge in [-0.1, -0.05) is 12.1 Å². The van der Waals surface area contributed by atoms with E-state index in [0.717, 1.165) is 6.07 Å². The van der Waals surface area contributed by atoms with Gasteiger partial charge in [-0.2, -0.15) is 5.10 Å². The number of fused-ring (bicyclic) bond motifs is 1. The molecule has 0 radical (unpaired) electrons. The minimum Gasteiger partial charge on any atom is -0.364 e. The van der Waals surface area contributed by atoms with E-state index in [-0.39, 0.29) is 17.8 Å². The summed E-state index contributed by atoms with van der Waals surface area (Å²) >= 11 is 0. The highest BCUT2D eigenvalue weighted by Crippen LogP contribution is 2.19. The molecule has 3 rings (SSSR count). The lowest BCUT2D eigenvalue weighted by atomic mass is 10.2. The zero-order valence-corrected chi connectivity index (χ0v) is 11.5. The Bertz CT molecular complexity index is 890. The highest BCUT2D eigenvalue weighted by Gasteiger charge is 2.18. The van der Waals surface area contributed by atoms with E-state index < -0.39 is 17.5 Å². The smallest absolute Gasteiger partial charge is 0.269 e. The molecule has 0 saturated heterocycles. The number of hydrogen-bond donors (Lipinski definition) is 1. The number of nitrogens with two attached hydrogens (primary N) is 1. The van der Waals surface area contributed by atoms with Crippen LogP contribution < -0.4 is 5.73 Å². The van der Waals surface area contributed by atoms with E-state index in [1.54, 1.807) is 6.92 Å². The molecule has 6 nitrogen and oxygen atoms in total. The van der Waals surface area contributed by atoms with Crippen molar-refractivity contribution in [1.82, 2.24) is 19.7 Å². The van der Waals surface area contributed by atoms with Crippen molar-refractivity contribution in [1.29, 1.82) is 0 Å². The number of carbonyl (C=O) groups excluding carboxylic acids is 1. The van der Waals surface area contributed by atoms with E-state index in [4.69, 9.17) is 5.73 Å². The van der Waals surface area contributed by atoms with Crippen molar-refractivity contribution in [2.75, 3.05) is 0 Å². The molecular formula is C14H11F2N5O. The number of halogens is 2. The number of aromatic nitrogens is 4. The van der Waals surface area contributed by atoms with Crippen LogP contribution in [0.25, 0.3) is 11.0 Å². The predicted octanol–water partition coefficient (Wildman–Crippen LogP) is 1.56. The quantitative estimate of drug-likeness (QED) is 0.795. The van der Waals surface area contributed by atoms with Gasteiger partial charge in [0.25, 0.3) is 5.91 Å². The van der Waals surface area contributed by atoms with Crippen molar-refractivity contribution >= 4 is 16.9 Å². The van der Waals surface area contributed by atoms with E-state index in [2.05, 4.69) is 15.1 Å². The topological polar surface area (TPSA) is 86.7 Å². The molecule has 0 unspecified atom stereocenters. The summed E-state index contributed by atoms with van der Waals surface area (Å²) < 4.78 is 28.4. The van der Waals surface area contributed by atoms with Gasteiger partial charge in [0.15, 0.2) is 23.0 Å². The summed E-state index contributed by atoms with van der Waals surface area (Å²) in [7, 11) is 0. The summed E-state index contributed by atoms with van der Waals surface area (Å²) in [6, 6.07) is 3.86. The third-order valence-electron chi connectivity index (χ3n) is 3.19. The largest absolute Gasteiger partial charge is 0.364 e. The van der Waals surface area contributed by atoms with Crippen molar-refractivity contribution in [2.24, 2.45) is 5.73 Å². The number of nitrogens with zero attached hydrogens (tertiary/aromatic N) is 4. The van der Waals surface area contributed by atoms with Crippen LogP contribution in [0.2, 0.25) is 0 Å². The Morgan fingerprint density at radius 1 is 1.36 bits per heavy atom. The van der Waals surface area contributed by atoms with Crippen LogP contribution in [0.5, 0.6) is 0 Å². The first-order valence-electron chi connectivity index (χ1n) is 6.40. The summed E-state index contributed by atoms with van der Waals surface area (Å²) in [5, 5.41) is 4.42. The van der Waals surface area contributed by atoms with E-state index in [1.807, 2.05) is 0 Å². The third kappa shape index (κ3) is 2.28. The Labute approximate surface area is 123 Å². The zero-order chi connectivity index (χ0) is 15.9. The number of hydrogen-bond acceptors (Lipinski definition) is 4. The van der Waals surface area contributed by atoms with Crippen molar-refractivity contribution in [3.05, 3.63) is 53.1 Å². The molecule has 22 heavy (non-hydrogen) atoms. The fourth-order valence-electron chi connectivity index (χ4n) is 2.17. The molecule has 112 valence electrons. The summed E-state index contributed by atoms with van der Waals surface area (Å²) in [5.41, 5.74) is 5.70. The lowest BCUT2D eigenvalue weighted by molar-refractivity contribution is 0.0996. The van der Waals surface area contributed by atoms with Gasteiger partial charge in [-0.15, -0.1) is 0 Å². The van der Waals surface area contributed by atoms with Crippen LogP contribution in [0.15, 0.2) is 24.4 Å². The highest BCUT2D eigenvalue weighted by molar-refractivity contribution is 6.02. The van der Waals surface area contributed by atoms with Gasteiger partial charge in [0.2, 0.25) is 0 Å². The van der Waals surface area contributed by atoms with Crippen LogP contribution in [0.3, 0.4) is 0 Å². The maximum absolute atomic E-state index is 13.8. The molecule has 0 atom stereocenters. The van der Waals surface area contributed by atoms with Crippen LogP contribution in [0.1, 0.15) is 21.9 Å². The summed E-state index contributed by atoms with van der Waals surface area (Å²) in [6.07, 6.45) is 1.43. The SMILES string of the molecule is Cc1ncc2c(C(N)=O)nn(Cc3cccc(F)c3F)c2n1. The maximum Gasteiger partial charge on any atom is 0.269 e. The average molecular weight is 303 g/mol. The first-order valence-corrected chi connectivity index (χ1v) is 6.40. The highest BCUT2D eigenvalue weighted by atomic mass is 19.2. The lowest BCUT2D eigenvalue weighted by Crippen LogP contribution is -2.13. The second-order valence-corrected chi connectivity index (χ2v) is 4.74. The molecule has 0 aliphatic rings. The van der Waals surface area contributed by atoms with Gasteiger partial charge >= 0.3 is 0 Å². The zero-order valence-electron chi connectivity index (χ0n) is 11.5. The van der Waals surface area contributed by atoms with Gasteiger partial charge in [-0.25, -0.2) is 23.4 Å². The Balaban J connectivity index is 2.16. The van der Waals surface area contributed by atoms with Crippen molar-refractivity contribution in [3.63, 3.8) is 0 Å². The van der Waals surface area contributed by atoms with E-state index in [1.165, 1.54) is 23.0 Å². The molecule has 8 heteroatoms. The molecule has 2 N–H and O–H groups in total. The first kappa shape index (κ1) is 14.1. The number of primary amides is 1. The Morgan fingerprint density at radius 2 is 2.14 bits per heavy atom. The second kappa shape index (κ2) is 5.14. The number of amides is 1. The molecule has 2 aromatic heterocycles. The molecule has 0 saturated carbocycles. The van der Waals surface area contributed by atoms with E-state index >= 15 is 0 Å². The van der Waals surface area contributed by atoms with Crippen molar-refractivity contribution < 1.29 is 13.6 Å². The fraction of sp³-hybridized carbons (Fsp3) is 0.143. The molecular weight excluding hydrogens is 292 g/mol. The van der Waals surface area contributed by atoms with Crippen molar-refractivity contribution in [3.8, 4) is 0 Å². The van der Waals surface area contributed by atoms with Crippen LogP contribution in [0.4, 0.5) is 8.78 Å². The maximum atomic E-state index is 13.8. The van der Waals surface area contributed by atoms with Gasteiger partial charge in [0.1, 0.15) is 5.82 Å². The normalized spacial score (nSPS) is 11.0.